The van der Waals surface area contributed by atoms with Crippen LogP contribution in [0.2, 0.25) is 0 Å². The van der Waals surface area contributed by atoms with E-state index in [1.807, 2.05) is 4.90 Å². The fourth-order valence-corrected chi connectivity index (χ4v) is 2.93. The molecule has 0 aromatic carbocycles. The number of alkyl halides is 1. The van der Waals surface area contributed by atoms with E-state index >= 15 is 0 Å². The number of nitrogens with zero attached hydrogens (tertiary/aromatic N) is 6. The number of hydrogen-bond donors (Lipinski definition) is 1. The van der Waals surface area contributed by atoms with E-state index in [9.17, 15) is 9.18 Å². The number of fused-ring (bicyclic) bond motifs is 1. The van der Waals surface area contributed by atoms with Crippen molar-refractivity contribution in [3.8, 4) is 0 Å². The summed E-state index contributed by atoms with van der Waals surface area (Å²) in [7, 11) is 0. The highest BCUT2D eigenvalue weighted by Gasteiger charge is 2.24. The Hall–Kier alpha value is -3.10. The first-order chi connectivity index (χ1) is 12.1. The van der Waals surface area contributed by atoms with Gasteiger partial charge in [0.05, 0.1) is 12.2 Å². The van der Waals surface area contributed by atoms with E-state index < -0.39 is 6.17 Å². The van der Waals surface area contributed by atoms with Crippen LogP contribution < -0.4 is 10.2 Å². The Kier molecular flexibility index (Phi) is 3.75. The molecule has 0 bridgehead atoms. The van der Waals surface area contributed by atoms with Gasteiger partial charge in [-0.25, -0.2) is 13.9 Å². The Bertz CT molecular complexity index is 927. The second-order valence-corrected chi connectivity index (χ2v) is 5.90. The molecule has 25 heavy (non-hydrogen) atoms. The Labute approximate surface area is 142 Å². The third-order valence-electron chi connectivity index (χ3n) is 4.12. The van der Waals surface area contributed by atoms with E-state index in [0.717, 1.165) is 0 Å². The van der Waals surface area contributed by atoms with Crippen LogP contribution in [0, 0.1) is 6.92 Å². The average Bonchev–Trinajstić information content (AvgIpc) is 3.17. The van der Waals surface area contributed by atoms with Crippen molar-refractivity contribution in [3.05, 3.63) is 41.9 Å². The molecule has 1 amide bonds. The molecule has 9 heteroatoms. The summed E-state index contributed by atoms with van der Waals surface area (Å²) >= 11 is 0. The van der Waals surface area contributed by atoms with Crippen LogP contribution >= 0.6 is 0 Å². The molecular weight excluding hydrogens is 325 g/mol. The summed E-state index contributed by atoms with van der Waals surface area (Å²) in [6.07, 6.45) is 1.17. The van der Waals surface area contributed by atoms with Crippen molar-refractivity contribution in [3.63, 3.8) is 0 Å². The Morgan fingerprint density at radius 2 is 2.24 bits per heavy atom. The molecule has 1 fully saturated rings. The number of nitrogens with one attached hydrogen (secondary N) is 1. The van der Waals surface area contributed by atoms with E-state index in [-0.39, 0.29) is 5.91 Å². The van der Waals surface area contributed by atoms with Crippen molar-refractivity contribution in [2.24, 2.45) is 0 Å². The quantitative estimate of drug-likeness (QED) is 0.779. The average molecular weight is 341 g/mol. The molecular formula is C16H16FN7O. The van der Waals surface area contributed by atoms with Crippen molar-refractivity contribution >= 4 is 23.2 Å². The number of carbonyl (C=O) groups excluding carboxylic acids is 1. The summed E-state index contributed by atoms with van der Waals surface area (Å²) in [6.45, 7) is 2.66. The van der Waals surface area contributed by atoms with Gasteiger partial charge in [0.25, 0.3) is 5.91 Å². The van der Waals surface area contributed by atoms with Crippen molar-refractivity contribution in [1.29, 1.82) is 0 Å². The fraction of sp³-hybridized carbons (Fsp3) is 0.312. The smallest absolute Gasteiger partial charge is 0.277 e. The topological polar surface area (TPSA) is 88.3 Å². The highest BCUT2D eigenvalue weighted by molar-refractivity contribution is 6.03. The maximum absolute atomic E-state index is 13.5. The van der Waals surface area contributed by atoms with E-state index in [1.165, 1.54) is 10.7 Å². The van der Waals surface area contributed by atoms with Crippen LogP contribution in [0.3, 0.4) is 0 Å². The largest absolute Gasteiger partial charge is 0.352 e. The Morgan fingerprint density at radius 1 is 1.36 bits per heavy atom. The lowest BCUT2D eigenvalue weighted by Gasteiger charge is -2.16. The zero-order chi connectivity index (χ0) is 17.4. The number of aryl methyl sites for hydroxylation is 1. The van der Waals surface area contributed by atoms with Gasteiger partial charge in [-0.15, -0.1) is 10.2 Å². The van der Waals surface area contributed by atoms with Crippen LogP contribution in [0.4, 0.5) is 16.0 Å². The Balaban J connectivity index is 1.70. The SMILES string of the molecule is Cc1nc2ccc(N3CC[C@H](F)C3)nn2c1C(=O)Nc1cccnn1. The molecule has 4 heterocycles. The van der Waals surface area contributed by atoms with Gasteiger partial charge in [0.2, 0.25) is 0 Å². The van der Waals surface area contributed by atoms with Gasteiger partial charge in [-0.2, -0.15) is 5.10 Å². The summed E-state index contributed by atoms with van der Waals surface area (Å²) < 4.78 is 14.9. The number of amides is 1. The summed E-state index contributed by atoms with van der Waals surface area (Å²) in [4.78, 5) is 18.9. The van der Waals surface area contributed by atoms with Gasteiger partial charge >= 0.3 is 0 Å². The molecule has 1 saturated heterocycles. The fourth-order valence-electron chi connectivity index (χ4n) is 2.93. The van der Waals surface area contributed by atoms with Gasteiger partial charge in [0, 0.05) is 12.7 Å². The summed E-state index contributed by atoms with van der Waals surface area (Å²) in [6, 6.07) is 6.90. The van der Waals surface area contributed by atoms with Crippen LogP contribution in [0.5, 0.6) is 0 Å². The van der Waals surface area contributed by atoms with Crippen molar-refractivity contribution < 1.29 is 9.18 Å². The monoisotopic (exact) mass is 341 g/mol. The van der Waals surface area contributed by atoms with E-state index in [0.29, 0.717) is 48.2 Å². The molecule has 3 aromatic heterocycles. The number of carbonyl (C=O) groups is 1. The second-order valence-electron chi connectivity index (χ2n) is 5.90. The van der Waals surface area contributed by atoms with Crippen LogP contribution in [-0.2, 0) is 0 Å². The molecule has 8 nitrogen and oxygen atoms in total. The Morgan fingerprint density at radius 3 is 2.96 bits per heavy atom. The molecule has 4 rings (SSSR count). The normalized spacial score (nSPS) is 17.2. The van der Waals surface area contributed by atoms with Crippen molar-refractivity contribution in [2.45, 2.75) is 19.5 Å². The first-order valence-corrected chi connectivity index (χ1v) is 7.96. The maximum Gasteiger partial charge on any atom is 0.277 e. The maximum atomic E-state index is 13.5. The van der Waals surface area contributed by atoms with Gasteiger partial charge in [-0.1, -0.05) is 0 Å². The molecule has 1 aliphatic heterocycles. The molecule has 128 valence electrons. The number of rotatable bonds is 3. The number of halogens is 1. The van der Waals surface area contributed by atoms with Crippen LogP contribution in [0.1, 0.15) is 22.6 Å². The standard InChI is InChI=1S/C16H16FN7O/c1-10-15(16(25)20-12-3-2-7-18-21-12)24-13(19-10)4-5-14(22-24)23-8-6-11(17)9-23/h2-5,7,11H,6,8-9H2,1H3,(H,20,21,25)/t11-/m0/s1. The zero-order valence-corrected chi connectivity index (χ0v) is 13.6. The van der Waals surface area contributed by atoms with Gasteiger partial charge in [-0.05, 0) is 37.6 Å². The van der Waals surface area contributed by atoms with Crippen LogP contribution in [0.25, 0.3) is 5.65 Å². The number of imidazole rings is 1. The molecule has 1 atom stereocenters. The summed E-state index contributed by atoms with van der Waals surface area (Å²) in [5.41, 5.74) is 1.43. The van der Waals surface area contributed by atoms with Crippen LogP contribution in [-0.4, -0.2) is 50.0 Å². The lowest BCUT2D eigenvalue weighted by Crippen LogP contribution is -2.23. The number of hydrogen-bond acceptors (Lipinski definition) is 6. The molecule has 1 aliphatic rings. The predicted molar refractivity (Wildman–Crippen MR) is 89.4 cm³/mol. The lowest BCUT2D eigenvalue weighted by molar-refractivity contribution is 0.101. The summed E-state index contributed by atoms with van der Waals surface area (Å²) in [5, 5.41) is 14.8. The van der Waals surface area contributed by atoms with Crippen molar-refractivity contribution in [1.82, 2.24) is 24.8 Å². The molecule has 0 unspecified atom stereocenters. The highest BCUT2D eigenvalue weighted by Crippen LogP contribution is 2.21. The first-order valence-electron chi connectivity index (χ1n) is 7.96. The first kappa shape index (κ1) is 15.4. The second kappa shape index (κ2) is 6.08. The number of aromatic nitrogens is 5. The van der Waals surface area contributed by atoms with Gasteiger partial charge in [0.1, 0.15) is 12.0 Å². The predicted octanol–water partition coefficient (Wildman–Crippen LogP) is 1.63. The third-order valence-corrected chi connectivity index (χ3v) is 4.12. The lowest BCUT2D eigenvalue weighted by atomic mass is 10.3. The van der Waals surface area contributed by atoms with Gasteiger partial charge in [0.15, 0.2) is 17.2 Å². The minimum atomic E-state index is -0.846. The van der Waals surface area contributed by atoms with Crippen molar-refractivity contribution in [2.75, 3.05) is 23.3 Å². The molecule has 0 saturated carbocycles. The molecule has 0 spiro atoms. The summed E-state index contributed by atoms with van der Waals surface area (Å²) in [5.74, 6) is 0.594. The third kappa shape index (κ3) is 2.88. The molecule has 0 radical (unpaired) electrons. The highest BCUT2D eigenvalue weighted by atomic mass is 19.1. The zero-order valence-electron chi connectivity index (χ0n) is 13.6. The van der Waals surface area contributed by atoms with Gasteiger partial charge < -0.3 is 10.2 Å². The van der Waals surface area contributed by atoms with Crippen LogP contribution in [0.15, 0.2) is 30.5 Å². The molecule has 1 N–H and O–H groups in total. The number of anilines is 2. The van der Waals surface area contributed by atoms with E-state index in [4.69, 9.17) is 0 Å². The van der Waals surface area contributed by atoms with Gasteiger partial charge in [-0.3, -0.25) is 4.79 Å². The minimum absolute atomic E-state index is 0.313. The molecule has 0 aliphatic carbocycles. The minimum Gasteiger partial charge on any atom is -0.352 e. The van der Waals surface area contributed by atoms with E-state index in [2.05, 4.69) is 25.6 Å². The van der Waals surface area contributed by atoms with E-state index in [1.54, 1.807) is 31.2 Å². The molecule has 3 aromatic rings.